The van der Waals surface area contributed by atoms with Crippen molar-refractivity contribution < 1.29 is 19.5 Å². The van der Waals surface area contributed by atoms with Gasteiger partial charge in [0.25, 0.3) is 0 Å². The number of rotatable bonds is 3. The van der Waals surface area contributed by atoms with Gasteiger partial charge < -0.3 is 15.3 Å². The largest absolute Gasteiger partial charge is 0.480 e. The van der Waals surface area contributed by atoms with E-state index in [9.17, 15) is 14.4 Å². The Morgan fingerprint density at radius 2 is 2.18 bits per heavy atom. The molecule has 0 bridgehead atoms. The summed E-state index contributed by atoms with van der Waals surface area (Å²) >= 11 is 0. The van der Waals surface area contributed by atoms with Gasteiger partial charge in [-0.15, -0.1) is 0 Å². The maximum atomic E-state index is 12.3. The van der Waals surface area contributed by atoms with E-state index in [2.05, 4.69) is 5.32 Å². The number of nitrogens with one attached hydrogen (secondary N) is 1. The molecule has 0 radical (unpaired) electrons. The SMILES string of the molecule is Cc1ccc2c(c1)C[C@@H](C(=O)NCC(=O)O)N1C(=O)CC[C@H]21. The summed E-state index contributed by atoms with van der Waals surface area (Å²) in [4.78, 5) is 36.7. The molecule has 1 aromatic rings. The van der Waals surface area contributed by atoms with Gasteiger partial charge >= 0.3 is 5.97 Å². The fourth-order valence-corrected chi connectivity index (χ4v) is 3.44. The van der Waals surface area contributed by atoms with E-state index >= 15 is 0 Å². The Kier molecular flexibility index (Phi) is 3.60. The maximum absolute atomic E-state index is 12.3. The Morgan fingerprint density at radius 3 is 2.91 bits per heavy atom. The Balaban J connectivity index is 1.92. The van der Waals surface area contributed by atoms with Crippen molar-refractivity contribution in [2.24, 2.45) is 0 Å². The molecule has 2 amide bonds. The quantitative estimate of drug-likeness (QED) is 0.864. The molecular formula is C16H18N2O4. The maximum Gasteiger partial charge on any atom is 0.322 e. The van der Waals surface area contributed by atoms with Crippen molar-refractivity contribution >= 4 is 17.8 Å². The number of carboxylic acids is 1. The molecule has 0 spiro atoms. The van der Waals surface area contributed by atoms with E-state index in [-0.39, 0.29) is 11.9 Å². The van der Waals surface area contributed by atoms with Crippen molar-refractivity contribution in [1.82, 2.24) is 10.2 Å². The summed E-state index contributed by atoms with van der Waals surface area (Å²) in [5.41, 5.74) is 3.30. The predicted octanol–water partition coefficient (Wildman–Crippen LogP) is 0.784. The molecule has 1 fully saturated rings. The van der Waals surface area contributed by atoms with Gasteiger partial charge in [0, 0.05) is 12.8 Å². The van der Waals surface area contributed by atoms with Crippen molar-refractivity contribution in [3.05, 3.63) is 34.9 Å². The van der Waals surface area contributed by atoms with Gasteiger partial charge in [-0.2, -0.15) is 0 Å². The molecule has 2 heterocycles. The molecule has 0 saturated carbocycles. The fourth-order valence-electron chi connectivity index (χ4n) is 3.44. The van der Waals surface area contributed by atoms with Crippen LogP contribution in [-0.2, 0) is 20.8 Å². The van der Waals surface area contributed by atoms with Gasteiger partial charge in [0.1, 0.15) is 12.6 Å². The lowest BCUT2D eigenvalue weighted by molar-refractivity contribution is -0.142. The summed E-state index contributed by atoms with van der Waals surface area (Å²) < 4.78 is 0. The molecule has 22 heavy (non-hydrogen) atoms. The highest BCUT2D eigenvalue weighted by atomic mass is 16.4. The van der Waals surface area contributed by atoms with Crippen molar-refractivity contribution in [2.45, 2.75) is 38.3 Å². The van der Waals surface area contributed by atoms with Crippen molar-refractivity contribution in [1.29, 1.82) is 0 Å². The van der Waals surface area contributed by atoms with Gasteiger partial charge in [-0.1, -0.05) is 23.8 Å². The van der Waals surface area contributed by atoms with Crippen LogP contribution >= 0.6 is 0 Å². The molecule has 2 aliphatic rings. The smallest absolute Gasteiger partial charge is 0.322 e. The molecule has 0 aliphatic carbocycles. The number of nitrogens with zero attached hydrogens (tertiary/aromatic N) is 1. The summed E-state index contributed by atoms with van der Waals surface area (Å²) in [5.74, 6) is -1.52. The fraction of sp³-hybridized carbons (Fsp3) is 0.438. The minimum absolute atomic E-state index is 0.0355. The van der Waals surface area contributed by atoms with Crippen LogP contribution in [0.4, 0.5) is 0 Å². The van der Waals surface area contributed by atoms with Crippen LogP contribution in [0, 0.1) is 6.92 Å². The second kappa shape index (κ2) is 5.44. The van der Waals surface area contributed by atoms with E-state index in [0.29, 0.717) is 19.3 Å². The van der Waals surface area contributed by atoms with Crippen molar-refractivity contribution in [3.63, 3.8) is 0 Å². The molecule has 0 unspecified atom stereocenters. The van der Waals surface area contributed by atoms with Gasteiger partial charge in [0.15, 0.2) is 0 Å². The van der Waals surface area contributed by atoms with Gasteiger partial charge in [0.2, 0.25) is 11.8 Å². The van der Waals surface area contributed by atoms with Crippen LogP contribution in [0.2, 0.25) is 0 Å². The Hall–Kier alpha value is -2.37. The molecule has 6 heteroatoms. The number of aryl methyl sites for hydroxylation is 1. The average Bonchev–Trinajstić information content (AvgIpc) is 2.86. The number of fused-ring (bicyclic) bond motifs is 3. The molecule has 0 aromatic heterocycles. The van der Waals surface area contributed by atoms with Crippen LogP contribution < -0.4 is 5.32 Å². The number of carboxylic acid groups (broad SMARTS) is 1. The number of benzene rings is 1. The minimum Gasteiger partial charge on any atom is -0.480 e. The summed E-state index contributed by atoms with van der Waals surface area (Å²) in [6.45, 7) is 1.56. The minimum atomic E-state index is -1.09. The lowest BCUT2D eigenvalue weighted by Gasteiger charge is -2.38. The van der Waals surface area contributed by atoms with Crippen molar-refractivity contribution in [3.8, 4) is 0 Å². The molecule has 1 aromatic carbocycles. The first-order valence-corrected chi connectivity index (χ1v) is 7.37. The summed E-state index contributed by atoms with van der Waals surface area (Å²) in [7, 11) is 0. The predicted molar refractivity (Wildman–Crippen MR) is 78.1 cm³/mol. The highest BCUT2D eigenvalue weighted by Crippen LogP contribution is 2.41. The third-order valence-electron chi connectivity index (χ3n) is 4.38. The summed E-state index contributed by atoms with van der Waals surface area (Å²) in [5, 5.41) is 11.1. The number of hydrogen-bond acceptors (Lipinski definition) is 3. The number of hydrogen-bond donors (Lipinski definition) is 2. The lowest BCUT2D eigenvalue weighted by Crippen LogP contribution is -2.52. The van der Waals surface area contributed by atoms with Crippen LogP contribution in [0.1, 0.15) is 35.6 Å². The molecule has 1 saturated heterocycles. The first-order valence-electron chi connectivity index (χ1n) is 7.37. The highest BCUT2D eigenvalue weighted by Gasteiger charge is 2.44. The van der Waals surface area contributed by atoms with E-state index in [1.807, 2.05) is 25.1 Å². The first-order chi connectivity index (χ1) is 10.5. The summed E-state index contributed by atoms with van der Waals surface area (Å²) in [6, 6.07) is 5.41. The Labute approximate surface area is 128 Å². The number of amides is 2. The molecule has 6 nitrogen and oxygen atoms in total. The summed E-state index contributed by atoms with van der Waals surface area (Å²) in [6.07, 6.45) is 1.57. The normalized spacial score (nSPS) is 23.0. The van der Waals surface area contributed by atoms with Crippen LogP contribution in [0.5, 0.6) is 0 Å². The monoisotopic (exact) mass is 302 g/mol. The standard InChI is InChI=1S/C16H18N2O4/c1-9-2-3-11-10(6-9)7-13(16(22)17-8-15(20)21)18-12(11)4-5-14(18)19/h2-3,6,12-13H,4-5,7-8H2,1H3,(H,17,22)(H,20,21)/t12-,13+/m1/s1. The van der Waals surface area contributed by atoms with Crippen LogP contribution in [0.15, 0.2) is 18.2 Å². The first kappa shape index (κ1) is 14.6. The van der Waals surface area contributed by atoms with E-state index in [1.165, 1.54) is 0 Å². The second-order valence-electron chi connectivity index (χ2n) is 5.89. The number of aliphatic carboxylic acids is 1. The molecule has 3 rings (SSSR count). The molecule has 2 N–H and O–H groups in total. The van der Waals surface area contributed by atoms with Gasteiger partial charge in [-0.25, -0.2) is 0 Å². The number of carbonyl (C=O) groups excluding carboxylic acids is 2. The van der Waals surface area contributed by atoms with E-state index in [0.717, 1.165) is 16.7 Å². The third kappa shape index (κ3) is 2.45. The van der Waals surface area contributed by atoms with Gasteiger partial charge in [-0.3, -0.25) is 14.4 Å². The van der Waals surface area contributed by atoms with E-state index < -0.39 is 24.5 Å². The van der Waals surface area contributed by atoms with Gasteiger partial charge in [0.05, 0.1) is 6.04 Å². The Bertz CT molecular complexity index is 656. The molecular weight excluding hydrogens is 284 g/mol. The van der Waals surface area contributed by atoms with Crippen LogP contribution in [0.3, 0.4) is 0 Å². The van der Waals surface area contributed by atoms with Crippen molar-refractivity contribution in [2.75, 3.05) is 6.54 Å². The third-order valence-corrected chi connectivity index (χ3v) is 4.38. The van der Waals surface area contributed by atoms with Gasteiger partial charge in [-0.05, 0) is 24.5 Å². The zero-order valence-corrected chi connectivity index (χ0v) is 12.3. The second-order valence-corrected chi connectivity index (χ2v) is 5.89. The van der Waals surface area contributed by atoms with Crippen LogP contribution in [-0.4, -0.2) is 40.4 Å². The topological polar surface area (TPSA) is 86.7 Å². The van der Waals surface area contributed by atoms with Crippen LogP contribution in [0.25, 0.3) is 0 Å². The molecule has 116 valence electrons. The highest BCUT2D eigenvalue weighted by molar-refractivity contribution is 5.91. The zero-order valence-electron chi connectivity index (χ0n) is 12.3. The van der Waals surface area contributed by atoms with E-state index in [4.69, 9.17) is 5.11 Å². The molecule has 2 aliphatic heterocycles. The average molecular weight is 302 g/mol. The number of carbonyl (C=O) groups is 3. The Morgan fingerprint density at radius 1 is 1.41 bits per heavy atom. The molecule has 2 atom stereocenters. The lowest BCUT2D eigenvalue weighted by atomic mass is 9.87. The van der Waals surface area contributed by atoms with E-state index in [1.54, 1.807) is 4.90 Å². The zero-order chi connectivity index (χ0) is 15.9.